The number of rotatable bonds is 20. The van der Waals surface area contributed by atoms with Crippen LogP contribution < -0.4 is 32.3 Å². The number of ether oxygens (including phenoxy) is 1. The molecule has 0 aliphatic rings. The third kappa shape index (κ3) is 22.5. The van der Waals surface area contributed by atoms with Crippen LogP contribution in [0.1, 0.15) is 99.0 Å². The fourth-order valence-electron chi connectivity index (χ4n) is 3.87. The lowest BCUT2D eigenvalue weighted by atomic mass is 10.0. The van der Waals surface area contributed by atoms with Crippen molar-refractivity contribution >= 4 is 57.2 Å². The molecule has 0 bridgehead atoms. The third-order valence-electron chi connectivity index (χ3n) is 6.30. The van der Waals surface area contributed by atoms with E-state index in [0.29, 0.717) is 25.1 Å². The Labute approximate surface area is 288 Å². The molecule has 2 unspecified atom stereocenters. The molecule has 14 heteroatoms. The van der Waals surface area contributed by atoms with Crippen molar-refractivity contribution in [3.05, 3.63) is 29.8 Å². The minimum atomic E-state index is -0.958. The summed E-state index contributed by atoms with van der Waals surface area (Å²) in [5.74, 6) is -1.92. The zero-order valence-corrected chi connectivity index (χ0v) is 30.7. The number of unbranched alkanes of at least 4 members (excludes halogenated alkanes) is 2. The summed E-state index contributed by atoms with van der Waals surface area (Å²) in [6.45, 7) is 14.1. The Hall–Kier alpha value is -3.68. The van der Waals surface area contributed by atoms with Gasteiger partial charge in [-0.2, -0.15) is 0 Å². The van der Waals surface area contributed by atoms with Crippen molar-refractivity contribution in [3.8, 4) is 0 Å². The first-order chi connectivity index (χ1) is 22.5. The topological polar surface area (TPSA) is 198 Å². The smallest absolute Gasteiger partial charge is 0.312 e. The zero-order chi connectivity index (χ0) is 36.2. The number of urea groups is 1. The van der Waals surface area contributed by atoms with Crippen LogP contribution in [0.2, 0.25) is 0 Å². The Morgan fingerprint density at radius 3 is 1.98 bits per heavy atom. The van der Waals surface area contributed by atoms with E-state index < -0.39 is 29.9 Å². The molecule has 47 heavy (non-hydrogen) atoms. The van der Waals surface area contributed by atoms with Gasteiger partial charge in [-0.3, -0.25) is 24.0 Å². The van der Waals surface area contributed by atoms with E-state index in [1.54, 1.807) is 45.0 Å². The number of primary amides is 1. The average Bonchev–Trinajstić information content (AvgIpc) is 3.07. The lowest BCUT2D eigenvalue weighted by Gasteiger charge is -2.25. The van der Waals surface area contributed by atoms with Gasteiger partial charge in [0.25, 0.3) is 0 Å². The van der Waals surface area contributed by atoms with Gasteiger partial charge in [0.2, 0.25) is 23.6 Å². The van der Waals surface area contributed by atoms with Crippen LogP contribution in [0.15, 0.2) is 24.3 Å². The number of nitrogens with two attached hydrogens (primary N) is 1. The Balaban J connectivity index is 0. The van der Waals surface area contributed by atoms with E-state index in [1.807, 2.05) is 27.7 Å². The van der Waals surface area contributed by atoms with E-state index in [9.17, 15) is 28.8 Å². The molecule has 0 saturated heterocycles. The molecule has 0 saturated carbocycles. The fraction of sp³-hybridized carbons (Fsp3) is 0.636. The maximum absolute atomic E-state index is 13.3. The predicted molar refractivity (Wildman–Crippen MR) is 189 cm³/mol. The summed E-state index contributed by atoms with van der Waals surface area (Å²) < 4.78 is 5.11. The van der Waals surface area contributed by atoms with Crippen molar-refractivity contribution < 1.29 is 33.5 Å². The average molecular weight is 730 g/mol. The van der Waals surface area contributed by atoms with E-state index in [-0.39, 0.29) is 61.4 Å². The van der Waals surface area contributed by atoms with Crippen molar-refractivity contribution in [3.63, 3.8) is 0 Å². The van der Waals surface area contributed by atoms with Gasteiger partial charge in [0.15, 0.2) is 0 Å². The quantitative estimate of drug-likeness (QED) is 0.0654. The molecule has 6 amide bonds. The Bertz CT molecular complexity index is 1070. The van der Waals surface area contributed by atoms with Crippen molar-refractivity contribution in [2.45, 2.75) is 112 Å². The molecule has 0 heterocycles. The highest BCUT2D eigenvalue weighted by Crippen LogP contribution is 2.13. The molecular weight excluding hydrogens is 672 g/mol. The third-order valence-corrected chi connectivity index (χ3v) is 6.81. The van der Waals surface area contributed by atoms with E-state index >= 15 is 0 Å². The highest BCUT2D eigenvalue weighted by atomic mass is 79.9. The molecule has 0 aromatic heterocycles. The number of hydrogen-bond acceptors (Lipinski definition) is 7. The largest absolute Gasteiger partial charge is 0.461 e. The molecule has 1 aromatic rings. The van der Waals surface area contributed by atoms with E-state index in [1.165, 1.54) is 0 Å². The summed E-state index contributed by atoms with van der Waals surface area (Å²) >= 11 is 3.08. The summed E-state index contributed by atoms with van der Waals surface area (Å²) in [6, 6.07) is 4.23. The Kier molecular flexibility index (Phi) is 27.6. The molecule has 2 atom stereocenters. The first kappa shape index (κ1) is 45.4. The minimum absolute atomic E-state index is 0.0933. The van der Waals surface area contributed by atoms with Gasteiger partial charge in [-0.25, -0.2) is 4.79 Å². The molecule has 1 rings (SSSR count). The van der Waals surface area contributed by atoms with Gasteiger partial charge in [-0.05, 0) is 49.3 Å². The minimum Gasteiger partial charge on any atom is -0.461 e. The lowest BCUT2D eigenvalue weighted by Crippen LogP contribution is -2.54. The lowest BCUT2D eigenvalue weighted by molar-refractivity contribution is -0.144. The van der Waals surface area contributed by atoms with E-state index in [2.05, 4.69) is 42.5 Å². The number of hydrogen-bond donors (Lipinski definition) is 6. The predicted octanol–water partition coefficient (Wildman–Crippen LogP) is 4.28. The molecule has 0 radical (unpaired) electrons. The first-order valence-corrected chi connectivity index (χ1v) is 17.6. The second-order valence-electron chi connectivity index (χ2n) is 10.3. The SMILES string of the molecule is CC.CC.CCC(=O)OCc1ccc(NC(=O)C(CCCNC(N)=O)NC(=O)C(NC(=O)CCCCCNC(=O)CBr)C(C)C)cc1. The monoisotopic (exact) mass is 728 g/mol. The normalized spacial score (nSPS) is 11.3. The summed E-state index contributed by atoms with van der Waals surface area (Å²) in [7, 11) is 0. The number of anilines is 1. The molecule has 7 N–H and O–H groups in total. The molecular formula is C33H57BrN6O7. The molecule has 0 fully saturated rings. The number of nitrogens with one attached hydrogen (secondary N) is 5. The van der Waals surface area contributed by atoms with Crippen LogP contribution in [-0.4, -0.2) is 66.1 Å². The number of carbonyl (C=O) groups is 6. The van der Waals surface area contributed by atoms with Crippen molar-refractivity contribution in [1.82, 2.24) is 21.3 Å². The van der Waals surface area contributed by atoms with Crippen LogP contribution in [0.5, 0.6) is 0 Å². The summed E-state index contributed by atoms with van der Waals surface area (Å²) in [5, 5.41) is 13.7. The van der Waals surface area contributed by atoms with Crippen LogP contribution in [0.3, 0.4) is 0 Å². The van der Waals surface area contributed by atoms with Gasteiger partial charge >= 0.3 is 12.0 Å². The number of alkyl halides is 1. The molecule has 1 aromatic carbocycles. The standard InChI is InChI=1S/C29H45BrN6O7.2C2H6/c1-4-25(39)43-18-20-11-13-21(14-12-20)34-27(40)22(9-8-16-33-29(31)42)35-28(41)26(19(2)3)36-23(37)10-6-5-7-15-32-24(38)17-30;2*1-2/h11-14,19,22,26H,4-10,15-18H2,1-3H3,(H,32,38)(H,34,40)(H,35,41)(H,36,37)(H3,31,33,42);2*1-2H3. The summed E-state index contributed by atoms with van der Waals surface area (Å²) in [4.78, 5) is 72.7. The highest BCUT2D eigenvalue weighted by molar-refractivity contribution is 9.09. The van der Waals surface area contributed by atoms with E-state index in [0.717, 1.165) is 18.4 Å². The maximum Gasteiger partial charge on any atom is 0.312 e. The highest BCUT2D eigenvalue weighted by Gasteiger charge is 2.28. The van der Waals surface area contributed by atoms with Gasteiger partial charge in [0, 0.05) is 31.6 Å². The van der Waals surface area contributed by atoms with Gasteiger partial charge in [0.05, 0.1) is 5.33 Å². The fourth-order valence-corrected chi connectivity index (χ4v) is 4.07. The van der Waals surface area contributed by atoms with Crippen LogP contribution in [0.4, 0.5) is 10.5 Å². The summed E-state index contributed by atoms with van der Waals surface area (Å²) in [6.07, 6.45) is 3.12. The number of esters is 1. The van der Waals surface area contributed by atoms with Crippen molar-refractivity contribution in [2.75, 3.05) is 23.7 Å². The number of halogens is 1. The molecule has 0 aliphatic heterocycles. The van der Waals surface area contributed by atoms with Crippen LogP contribution in [0, 0.1) is 5.92 Å². The number of amides is 6. The second kappa shape index (κ2) is 28.5. The number of benzene rings is 1. The van der Waals surface area contributed by atoms with Crippen molar-refractivity contribution in [2.24, 2.45) is 11.7 Å². The Morgan fingerprint density at radius 1 is 0.809 bits per heavy atom. The van der Waals surface area contributed by atoms with Crippen LogP contribution >= 0.6 is 15.9 Å². The maximum atomic E-state index is 13.3. The van der Waals surface area contributed by atoms with Gasteiger partial charge in [-0.1, -0.05) is 82.9 Å². The Morgan fingerprint density at radius 2 is 1.43 bits per heavy atom. The van der Waals surface area contributed by atoms with Gasteiger partial charge < -0.3 is 37.1 Å². The van der Waals surface area contributed by atoms with Crippen molar-refractivity contribution in [1.29, 1.82) is 0 Å². The number of carbonyl (C=O) groups excluding carboxylic acids is 6. The molecule has 0 aliphatic carbocycles. The van der Waals surface area contributed by atoms with Gasteiger partial charge in [-0.15, -0.1) is 0 Å². The molecule has 13 nitrogen and oxygen atoms in total. The van der Waals surface area contributed by atoms with Crippen LogP contribution in [-0.2, 0) is 35.3 Å². The van der Waals surface area contributed by atoms with Crippen LogP contribution in [0.25, 0.3) is 0 Å². The second-order valence-corrected chi connectivity index (χ2v) is 10.8. The summed E-state index contributed by atoms with van der Waals surface area (Å²) in [5.41, 5.74) is 6.35. The zero-order valence-electron chi connectivity index (χ0n) is 29.1. The van der Waals surface area contributed by atoms with Gasteiger partial charge in [0.1, 0.15) is 18.7 Å². The van der Waals surface area contributed by atoms with E-state index in [4.69, 9.17) is 10.5 Å². The first-order valence-electron chi connectivity index (χ1n) is 16.5. The molecule has 0 spiro atoms. The molecule has 268 valence electrons.